The second-order valence-corrected chi connectivity index (χ2v) is 10.4. The monoisotopic (exact) mass is 465 g/mol. The Morgan fingerprint density at radius 3 is 2.41 bits per heavy atom. The summed E-state index contributed by atoms with van der Waals surface area (Å²) in [6.45, 7) is 6.35. The summed E-state index contributed by atoms with van der Waals surface area (Å²) in [5, 5.41) is 4.25. The van der Waals surface area contributed by atoms with Crippen LogP contribution in [0.25, 0.3) is 0 Å². The van der Waals surface area contributed by atoms with Crippen molar-refractivity contribution < 1.29 is 9.59 Å². The van der Waals surface area contributed by atoms with Crippen molar-refractivity contribution in [3.8, 4) is 0 Å². The fourth-order valence-electron chi connectivity index (χ4n) is 4.69. The quantitative estimate of drug-likeness (QED) is 0.527. The molecule has 1 atom stereocenters. The van der Waals surface area contributed by atoms with E-state index in [1.54, 1.807) is 18.3 Å². The number of hydrogen-bond acceptors (Lipinski definition) is 6. The maximum absolute atomic E-state index is 13.4. The minimum atomic E-state index is 0.0542. The molecule has 2 aliphatic heterocycles. The Labute approximate surface area is 196 Å². The topological polar surface area (TPSA) is 43.9 Å². The molecule has 1 amide bonds. The molecule has 1 fully saturated rings. The molecule has 4 heterocycles. The first-order chi connectivity index (χ1) is 15.6. The van der Waals surface area contributed by atoms with Gasteiger partial charge in [0.1, 0.15) is 0 Å². The van der Waals surface area contributed by atoms with Crippen molar-refractivity contribution in [1.82, 2.24) is 9.80 Å². The number of anilines is 1. The van der Waals surface area contributed by atoms with Gasteiger partial charge in [0.15, 0.2) is 5.78 Å². The number of amides is 1. The first-order valence-corrected chi connectivity index (χ1v) is 12.8. The Bertz CT molecular complexity index is 1080. The zero-order chi connectivity index (χ0) is 22.1. The summed E-state index contributed by atoms with van der Waals surface area (Å²) in [7, 11) is 0. The number of carbonyl (C=O) groups is 2. The third-order valence-corrected chi connectivity index (χ3v) is 8.39. The lowest BCUT2D eigenvalue weighted by Crippen LogP contribution is -2.51. The van der Waals surface area contributed by atoms with Gasteiger partial charge in [0.05, 0.1) is 12.6 Å². The molecule has 32 heavy (non-hydrogen) atoms. The molecule has 0 saturated carbocycles. The second-order valence-electron chi connectivity index (χ2n) is 8.42. The summed E-state index contributed by atoms with van der Waals surface area (Å²) in [4.78, 5) is 34.3. The Morgan fingerprint density at radius 1 is 0.938 bits per heavy atom. The van der Waals surface area contributed by atoms with Crippen LogP contribution in [0, 0.1) is 0 Å². The van der Waals surface area contributed by atoms with Crippen molar-refractivity contribution in [2.24, 2.45) is 0 Å². The lowest BCUT2D eigenvalue weighted by molar-refractivity contribution is -0.134. The minimum Gasteiger partial charge on any atom is -0.369 e. The summed E-state index contributed by atoms with van der Waals surface area (Å²) >= 11 is 3.54. The molecule has 0 radical (unpaired) electrons. The predicted molar refractivity (Wildman–Crippen MR) is 131 cm³/mol. The van der Waals surface area contributed by atoms with Crippen LogP contribution in [0.2, 0.25) is 0 Å². The second kappa shape index (κ2) is 9.17. The molecule has 2 aromatic heterocycles. The average molecular weight is 466 g/mol. The van der Waals surface area contributed by atoms with E-state index >= 15 is 0 Å². The molecule has 1 saturated heterocycles. The number of carbonyl (C=O) groups excluding carboxylic acids is 2. The van der Waals surface area contributed by atoms with Gasteiger partial charge in [0.25, 0.3) is 0 Å². The van der Waals surface area contributed by atoms with E-state index in [1.807, 2.05) is 35.6 Å². The highest BCUT2D eigenvalue weighted by molar-refractivity contribution is 7.10. The fourth-order valence-corrected chi connectivity index (χ4v) is 6.45. The average Bonchev–Trinajstić information content (AvgIpc) is 3.51. The van der Waals surface area contributed by atoms with Crippen molar-refractivity contribution in [3.05, 3.63) is 74.1 Å². The summed E-state index contributed by atoms with van der Waals surface area (Å²) in [5.41, 5.74) is 3.18. The van der Waals surface area contributed by atoms with E-state index in [4.69, 9.17) is 0 Å². The number of rotatable bonds is 5. The number of thiophene rings is 2. The molecular weight excluding hydrogens is 438 g/mol. The largest absolute Gasteiger partial charge is 0.369 e. The van der Waals surface area contributed by atoms with E-state index in [9.17, 15) is 9.59 Å². The minimum absolute atomic E-state index is 0.0542. The maximum atomic E-state index is 13.4. The molecule has 0 spiro atoms. The lowest BCUT2D eigenvalue weighted by Gasteiger charge is -2.39. The highest BCUT2D eigenvalue weighted by Gasteiger charge is 2.34. The highest BCUT2D eigenvalue weighted by atomic mass is 32.1. The normalized spacial score (nSPS) is 19.1. The Morgan fingerprint density at radius 2 is 1.72 bits per heavy atom. The molecule has 5 nitrogen and oxygen atoms in total. The molecule has 166 valence electrons. The number of piperazine rings is 1. The zero-order valence-corrected chi connectivity index (χ0v) is 19.8. The molecular formula is C25H27N3O2S2. The van der Waals surface area contributed by atoms with Crippen LogP contribution in [0.3, 0.4) is 0 Å². The lowest BCUT2D eigenvalue weighted by atomic mass is 9.98. The predicted octanol–water partition coefficient (Wildman–Crippen LogP) is 4.31. The Balaban J connectivity index is 1.22. The molecule has 0 unspecified atom stereocenters. The molecule has 7 heteroatoms. The number of ketones is 1. The summed E-state index contributed by atoms with van der Waals surface area (Å²) in [5.74, 6) is 0.313. The third-order valence-electron chi connectivity index (χ3n) is 6.47. The summed E-state index contributed by atoms with van der Waals surface area (Å²) in [6.07, 6.45) is 0.949. The van der Waals surface area contributed by atoms with Gasteiger partial charge in [0.2, 0.25) is 5.91 Å². The van der Waals surface area contributed by atoms with E-state index in [-0.39, 0.29) is 17.7 Å². The van der Waals surface area contributed by atoms with Crippen LogP contribution in [0.1, 0.15) is 38.6 Å². The van der Waals surface area contributed by atoms with Gasteiger partial charge in [-0.3, -0.25) is 14.5 Å². The molecule has 1 aromatic carbocycles. The van der Waals surface area contributed by atoms with E-state index in [0.717, 1.165) is 50.4 Å². The van der Waals surface area contributed by atoms with E-state index in [0.29, 0.717) is 6.54 Å². The van der Waals surface area contributed by atoms with Crippen LogP contribution in [0.5, 0.6) is 0 Å². The van der Waals surface area contributed by atoms with Crippen molar-refractivity contribution >= 4 is 40.1 Å². The zero-order valence-electron chi connectivity index (χ0n) is 18.2. The van der Waals surface area contributed by atoms with Gasteiger partial charge >= 0.3 is 0 Å². The van der Waals surface area contributed by atoms with Crippen molar-refractivity contribution in [2.75, 3.05) is 44.2 Å². The van der Waals surface area contributed by atoms with Crippen LogP contribution < -0.4 is 4.90 Å². The first-order valence-electron chi connectivity index (χ1n) is 11.1. The maximum Gasteiger partial charge on any atom is 0.237 e. The number of fused-ring (bicyclic) bond motifs is 1. The van der Waals surface area contributed by atoms with Crippen LogP contribution in [0.15, 0.2) is 53.2 Å². The van der Waals surface area contributed by atoms with E-state index in [1.165, 1.54) is 15.3 Å². The van der Waals surface area contributed by atoms with Crippen LogP contribution >= 0.6 is 22.7 Å². The molecule has 2 aliphatic rings. The SMILES string of the molecule is CC(=O)c1ccc(N2CCN(CC(=O)N3CCc4sccc4[C@H]3c3cccs3)CC2)cc1. The van der Waals surface area contributed by atoms with E-state index < -0.39 is 0 Å². The Kier molecular flexibility index (Phi) is 6.13. The van der Waals surface area contributed by atoms with Gasteiger partial charge in [-0.25, -0.2) is 0 Å². The van der Waals surface area contributed by atoms with Gasteiger partial charge in [0, 0.05) is 53.7 Å². The number of Topliss-reactive ketones (excluding diaryl/α,β-unsaturated/α-hetero) is 1. The van der Waals surface area contributed by atoms with Crippen LogP contribution in [-0.4, -0.2) is 60.8 Å². The van der Waals surface area contributed by atoms with Crippen LogP contribution in [0.4, 0.5) is 5.69 Å². The van der Waals surface area contributed by atoms with Crippen molar-refractivity contribution in [3.63, 3.8) is 0 Å². The van der Waals surface area contributed by atoms with Crippen molar-refractivity contribution in [1.29, 1.82) is 0 Å². The first kappa shape index (κ1) is 21.4. The molecule has 0 N–H and O–H groups in total. The summed E-state index contributed by atoms with van der Waals surface area (Å²) < 4.78 is 0. The smallest absolute Gasteiger partial charge is 0.237 e. The van der Waals surface area contributed by atoms with Gasteiger partial charge in [-0.2, -0.15) is 0 Å². The fraction of sp³-hybridized carbons (Fsp3) is 0.360. The van der Waals surface area contributed by atoms with Crippen molar-refractivity contribution in [2.45, 2.75) is 19.4 Å². The highest BCUT2D eigenvalue weighted by Crippen LogP contribution is 2.39. The molecule has 3 aromatic rings. The Hall–Kier alpha value is -2.48. The standard InChI is InChI=1S/C25H27N3O2S2/c1-18(29)19-4-6-20(7-5-19)27-13-11-26(12-14-27)17-24(30)28-10-8-22-21(9-16-32-22)25(28)23-3-2-15-31-23/h2-7,9,15-16,25H,8,10-14,17H2,1H3/t25-/m0/s1. The number of benzene rings is 1. The van der Waals surface area contributed by atoms with Gasteiger partial charge in [-0.15, -0.1) is 22.7 Å². The molecule has 5 rings (SSSR count). The van der Waals surface area contributed by atoms with Gasteiger partial charge in [-0.05, 0) is 66.1 Å². The van der Waals surface area contributed by atoms with Gasteiger partial charge < -0.3 is 9.80 Å². The van der Waals surface area contributed by atoms with Gasteiger partial charge in [-0.1, -0.05) is 6.07 Å². The summed E-state index contributed by atoms with van der Waals surface area (Å²) in [6, 6.07) is 14.3. The third kappa shape index (κ3) is 4.25. The number of hydrogen-bond donors (Lipinski definition) is 0. The molecule has 0 aliphatic carbocycles. The molecule has 0 bridgehead atoms. The van der Waals surface area contributed by atoms with E-state index in [2.05, 4.69) is 43.7 Å². The number of nitrogens with zero attached hydrogens (tertiary/aromatic N) is 3. The van der Waals surface area contributed by atoms with Crippen LogP contribution in [-0.2, 0) is 11.2 Å².